The van der Waals surface area contributed by atoms with Crippen LogP contribution in [0.2, 0.25) is 0 Å². The van der Waals surface area contributed by atoms with Crippen molar-refractivity contribution in [3.05, 3.63) is 59.7 Å². The topological polar surface area (TPSA) is 81.9 Å². The number of methoxy groups -OCH3 is 2. The predicted molar refractivity (Wildman–Crippen MR) is 99.2 cm³/mol. The Morgan fingerprint density at radius 3 is 2.54 bits per heavy atom. The summed E-state index contributed by atoms with van der Waals surface area (Å²) in [5, 5.41) is 0. The Labute approximate surface area is 151 Å². The molecule has 3 rings (SSSR count). The highest BCUT2D eigenvalue weighted by Crippen LogP contribution is 2.32. The molecule has 2 N–H and O–H groups in total. The highest BCUT2D eigenvalue weighted by atomic mass is 16.5. The van der Waals surface area contributed by atoms with Crippen LogP contribution in [0.15, 0.2) is 48.5 Å². The molecule has 1 aliphatic heterocycles. The maximum Gasteiger partial charge on any atom is 0.251 e. The van der Waals surface area contributed by atoms with E-state index in [-0.39, 0.29) is 5.91 Å². The molecule has 2 amide bonds. The Hall–Kier alpha value is -3.28. The van der Waals surface area contributed by atoms with Gasteiger partial charge in [-0.25, -0.2) is 0 Å². The van der Waals surface area contributed by atoms with E-state index in [2.05, 4.69) is 0 Å². The third-order valence-electron chi connectivity index (χ3n) is 4.37. The number of para-hydroxylation sites is 1. The number of amides is 2. The second kappa shape index (κ2) is 7.31. The van der Waals surface area contributed by atoms with Crippen molar-refractivity contribution in [1.29, 1.82) is 0 Å². The zero-order valence-corrected chi connectivity index (χ0v) is 14.6. The second-order valence-electron chi connectivity index (χ2n) is 5.91. The summed E-state index contributed by atoms with van der Waals surface area (Å²) in [6, 6.07) is 12.1. The van der Waals surface area contributed by atoms with E-state index in [1.165, 1.54) is 11.0 Å². The summed E-state index contributed by atoms with van der Waals surface area (Å²) in [5.74, 6) is 0.365. The lowest BCUT2D eigenvalue weighted by Crippen LogP contribution is -2.45. The molecule has 0 aliphatic carbocycles. The van der Waals surface area contributed by atoms with Crippen molar-refractivity contribution in [3.8, 4) is 11.5 Å². The molecule has 2 aromatic rings. The van der Waals surface area contributed by atoms with Gasteiger partial charge in [0.25, 0.3) is 5.91 Å². The maximum atomic E-state index is 12.7. The van der Waals surface area contributed by atoms with Crippen LogP contribution in [-0.4, -0.2) is 32.1 Å². The first-order valence-electron chi connectivity index (χ1n) is 8.15. The third-order valence-corrected chi connectivity index (χ3v) is 4.37. The molecule has 0 saturated carbocycles. The number of nitrogens with zero attached hydrogens (tertiary/aromatic N) is 1. The maximum absolute atomic E-state index is 12.7. The van der Waals surface area contributed by atoms with Crippen LogP contribution in [0.4, 0.5) is 5.69 Å². The van der Waals surface area contributed by atoms with Gasteiger partial charge < -0.3 is 15.2 Å². The van der Waals surface area contributed by atoms with Gasteiger partial charge in [0.15, 0.2) is 11.5 Å². The molecule has 2 aromatic carbocycles. The molecular weight excluding hydrogens is 332 g/mol. The van der Waals surface area contributed by atoms with Crippen molar-refractivity contribution in [2.24, 2.45) is 5.73 Å². The van der Waals surface area contributed by atoms with Crippen molar-refractivity contribution < 1.29 is 19.1 Å². The summed E-state index contributed by atoms with van der Waals surface area (Å²) >= 11 is 0. The lowest BCUT2D eigenvalue weighted by atomic mass is 10.1. The zero-order chi connectivity index (χ0) is 18.7. The number of carbonyl (C=O) groups is 2. The summed E-state index contributed by atoms with van der Waals surface area (Å²) in [7, 11) is 3.11. The Bertz CT molecular complexity index is 876. The van der Waals surface area contributed by atoms with E-state index >= 15 is 0 Å². The summed E-state index contributed by atoms with van der Waals surface area (Å²) in [6.45, 7) is 0. The zero-order valence-electron chi connectivity index (χ0n) is 14.6. The van der Waals surface area contributed by atoms with Crippen molar-refractivity contribution in [3.63, 3.8) is 0 Å². The van der Waals surface area contributed by atoms with Crippen molar-refractivity contribution in [2.45, 2.75) is 12.5 Å². The summed E-state index contributed by atoms with van der Waals surface area (Å²) in [6.07, 6.45) is 3.53. The second-order valence-corrected chi connectivity index (χ2v) is 5.91. The van der Waals surface area contributed by atoms with Crippen LogP contribution >= 0.6 is 0 Å². The highest BCUT2D eigenvalue weighted by Gasteiger charge is 2.36. The average molecular weight is 352 g/mol. The van der Waals surface area contributed by atoms with Gasteiger partial charge in [0.05, 0.1) is 14.2 Å². The van der Waals surface area contributed by atoms with Gasteiger partial charge in [-0.15, -0.1) is 0 Å². The number of fused-ring (bicyclic) bond motifs is 1. The number of hydrogen-bond acceptors (Lipinski definition) is 4. The van der Waals surface area contributed by atoms with E-state index < -0.39 is 11.9 Å². The molecule has 134 valence electrons. The van der Waals surface area contributed by atoms with E-state index in [0.717, 1.165) is 16.8 Å². The molecule has 6 nitrogen and oxygen atoms in total. The fourth-order valence-corrected chi connectivity index (χ4v) is 3.09. The van der Waals surface area contributed by atoms with E-state index in [0.29, 0.717) is 17.9 Å². The Kier molecular flexibility index (Phi) is 4.93. The van der Waals surface area contributed by atoms with Gasteiger partial charge in [0.2, 0.25) is 5.91 Å². The van der Waals surface area contributed by atoms with Crippen LogP contribution in [-0.2, 0) is 16.0 Å². The van der Waals surface area contributed by atoms with E-state index in [4.69, 9.17) is 15.2 Å². The Balaban J connectivity index is 1.87. The fraction of sp³-hybridized carbons (Fsp3) is 0.200. The average Bonchev–Trinajstić information content (AvgIpc) is 3.05. The highest BCUT2D eigenvalue weighted by molar-refractivity contribution is 6.09. The normalized spacial score (nSPS) is 15.8. The van der Waals surface area contributed by atoms with Crippen LogP contribution in [0.3, 0.4) is 0 Å². The summed E-state index contributed by atoms with van der Waals surface area (Å²) in [5.41, 5.74) is 7.93. The van der Waals surface area contributed by atoms with Gasteiger partial charge in [-0.05, 0) is 35.4 Å². The molecular formula is C20H20N2O4. The number of anilines is 1. The first-order chi connectivity index (χ1) is 12.5. The molecule has 0 fully saturated rings. The third kappa shape index (κ3) is 3.26. The van der Waals surface area contributed by atoms with Gasteiger partial charge >= 0.3 is 0 Å². The largest absolute Gasteiger partial charge is 0.493 e. The molecule has 1 heterocycles. The smallest absolute Gasteiger partial charge is 0.251 e. The van der Waals surface area contributed by atoms with Crippen LogP contribution < -0.4 is 20.1 Å². The predicted octanol–water partition coefficient (Wildman–Crippen LogP) is 2.16. The molecule has 1 atom stereocenters. The SMILES string of the molecule is COc1ccc(/C=C\C(=O)N2c3ccccc3CC2C(N)=O)cc1OC. The first kappa shape index (κ1) is 17.5. The van der Waals surface area contributed by atoms with Gasteiger partial charge in [0, 0.05) is 18.2 Å². The Morgan fingerprint density at radius 1 is 1.12 bits per heavy atom. The minimum Gasteiger partial charge on any atom is -0.493 e. The lowest BCUT2D eigenvalue weighted by molar-refractivity contribution is -0.122. The van der Waals surface area contributed by atoms with Gasteiger partial charge in [-0.1, -0.05) is 24.3 Å². The van der Waals surface area contributed by atoms with E-state index in [1.54, 1.807) is 32.4 Å². The molecule has 0 radical (unpaired) electrons. The van der Waals surface area contributed by atoms with Crippen LogP contribution in [0.5, 0.6) is 11.5 Å². The minimum absolute atomic E-state index is 0.298. The van der Waals surface area contributed by atoms with E-state index in [9.17, 15) is 9.59 Å². The van der Waals surface area contributed by atoms with Crippen molar-refractivity contribution in [1.82, 2.24) is 0 Å². The van der Waals surface area contributed by atoms with Crippen LogP contribution in [0.1, 0.15) is 11.1 Å². The number of nitrogens with two attached hydrogens (primary N) is 1. The molecule has 0 spiro atoms. The monoisotopic (exact) mass is 352 g/mol. The lowest BCUT2D eigenvalue weighted by Gasteiger charge is -2.21. The number of primary amides is 1. The fourth-order valence-electron chi connectivity index (χ4n) is 3.09. The number of benzene rings is 2. The number of hydrogen-bond donors (Lipinski definition) is 1. The van der Waals surface area contributed by atoms with Crippen molar-refractivity contribution in [2.75, 3.05) is 19.1 Å². The molecule has 0 saturated heterocycles. The summed E-state index contributed by atoms with van der Waals surface area (Å²) in [4.78, 5) is 26.0. The standard InChI is InChI=1S/C20H20N2O4/c1-25-17-9-7-13(11-18(17)26-2)8-10-19(23)22-15-6-4-3-5-14(15)12-16(22)20(21)24/h3-11,16H,12H2,1-2H3,(H2,21,24)/b10-8-. The number of ether oxygens (including phenoxy) is 2. The molecule has 6 heteroatoms. The van der Waals surface area contributed by atoms with Gasteiger partial charge in [-0.3, -0.25) is 14.5 Å². The first-order valence-corrected chi connectivity index (χ1v) is 8.15. The van der Waals surface area contributed by atoms with E-state index in [1.807, 2.05) is 30.3 Å². The minimum atomic E-state index is -0.671. The molecule has 1 aliphatic rings. The van der Waals surface area contributed by atoms with Gasteiger partial charge in [0.1, 0.15) is 6.04 Å². The quantitative estimate of drug-likeness (QED) is 0.836. The molecule has 26 heavy (non-hydrogen) atoms. The molecule has 0 bridgehead atoms. The molecule has 1 unspecified atom stereocenters. The number of carbonyl (C=O) groups excluding carboxylic acids is 2. The van der Waals surface area contributed by atoms with Crippen LogP contribution in [0.25, 0.3) is 6.08 Å². The summed E-state index contributed by atoms with van der Waals surface area (Å²) < 4.78 is 10.5. The number of rotatable bonds is 5. The van der Waals surface area contributed by atoms with Crippen LogP contribution in [0, 0.1) is 0 Å². The molecule has 0 aromatic heterocycles. The van der Waals surface area contributed by atoms with Gasteiger partial charge in [-0.2, -0.15) is 0 Å². The van der Waals surface area contributed by atoms with Crippen molar-refractivity contribution >= 4 is 23.6 Å². The Morgan fingerprint density at radius 2 is 1.85 bits per heavy atom.